The minimum absolute atomic E-state index is 0.00309. The van der Waals surface area contributed by atoms with Crippen LogP contribution in [0.25, 0.3) is 0 Å². The summed E-state index contributed by atoms with van der Waals surface area (Å²) in [4.78, 5) is 17.3. The van der Waals surface area contributed by atoms with Crippen LogP contribution in [-0.2, 0) is 0 Å². The van der Waals surface area contributed by atoms with Gasteiger partial charge in [0, 0.05) is 0 Å². The Bertz CT molecular complexity index is 302. The zero-order chi connectivity index (χ0) is 8.43. The first-order valence-corrected chi connectivity index (χ1v) is 3.62. The molecule has 1 rings (SSSR count). The van der Waals surface area contributed by atoms with E-state index in [1.165, 1.54) is 0 Å². The van der Waals surface area contributed by atoms with Crippen molar-refractivity contribution in [2.75, 3.05) is 0 Å². The lowest BCUT2D eigenvalue weighted by atomic mass is 10.4. The van der Waals surface area contributed by atoms with E-state index >= 15 is 0 Å². The van der Waals surface area contributed by atoms with E-state index in [2.05, 4.69) is 9.97 Å². The minimum Gasteiger partial charge on any atom is -0.296 e. The van der Waals surface area contributed by atoms with E-state index in [9.17, 15) is 4.79 Å². The fraction of sp³-hybridized carbons (Fsp3) is 0. The molecule has 0 aromatic carbocycles. The van der Waals surface area contributed by atoms with Gasteiger partial charge in [-0.3, -0.25) is 4.79 Å². The van der Waals surface area contributed by atoms with Crippen LogP contribution in [0.15, 0.2) is 0 Å². The van der Waals surface area contributed by atoms with Crippen LogP contribution in [0, 0.1) is 0 Å². The molecule has 0 aliphatic heterocycles. The summed E-state index contributed by atoms with van der Waals surface area (Å²) in [7, 11) is 0. The maximum atomic E-state index is 10.2. The molecule has 0 fully saturated rings. The molecule has 0 bridgehead atoms. The standard InChI is InChI=1S/C5HCl3N2O/c6-3-2(1-11)9-5(8)10-4(3)7/h1H. The second kappa shape index (κ2) is 3.34. The third-order valence-electron chi connectivity index (χ3n) is 0.921. The Kier molecular flexibility index (Phi) is 2.65. The maximum Gasteiger partial charge on any atom is 0.224 e. The van der Waals surface area contributed by atoms with Gasteiger partial charge in [0.2, 0.25) is 5.28 Å². The van der Waals surface area contributed by atoms with Crippen molar-refractivity contribution in [1.82, 2.24) is 9.97 Å². The summed E-state index contributed by atoms with van der Waals surface area (Å²) >= 11 is 16.4. The van der Waals surface area contributed by atoms with Crippen molar-refractivity contribution in [2.24, 2.45) is 0 Å². The summed E-state index contributed by atoms with van der Waals surface area (Å²) in [5.74, 6) is 0. The molecule has 0 radical (unpaired) electrons. The number of halogens is 3. The molecule has 1 heterocycles. The van der Waals surface area contributed by atoms with Gasteiger partial charge in [0.15, 0.2) is 11.4 Å². The molecule has 58 valence electrons. The quantitative estimate of drug-likeness (QED) is 0.406. The fourth-order valence-electron chi connectivity index (χ4n) is 0.487. The van der Waals surface area contributed by atoms with Gasteiger partial charge in [-0.1, -0.05) is 23.2 Å². The van der Waals surface area contributed by atoms with Crippen LogP contribution >= 0.6 is 34.8 Å². The molecule has 0 saturated carbocycles. The Hall–Kier alpha value is -0.380. The molecular formula is C5HCl3N2O. The molecule has 11 heavy (non-hydrogen) atoms. The lowest BCUT2D eigenvalue weighted by Gasteiger charge is -1.96. The number of hydrogen-bond acceptors (Lipinski definition) is 3. The van der Waals surface area contributed by atoms with Crippen LogP contribution in [-0.4, -0.2) is 16.3 Å². The van der Waals surface area contributed by atoms with Crippen molar-refractivity contribution < 1.29 is 4.79 Å². The molecule has 0 aliphatic carbocycles. The Morgan fingerprint density at radius 2 is 1.82 bits per heavy atom. The van der Waals surface area contributed by atoms with Gasteiger partial charge >= 0.3 is 0 Å². The minimum atomic E-state index is -0.0958. The topological polar surface area (TPSA) is 42.9 Å². The average Bonchev–Trinajstić information content (AvgIpc) is 1.96. The molecule has 3 nitrogen and oxygen atoms in total. The Balaban J connectivity index is 3.35. The van der Waals surface area contributed by atoms with Gasteiger partial charge in [-0.25, -0.2) is 9.97 Å². The van der Waals surface area contributed by atoms with Gasteiger partial charge in [-0.05, 0) is 11.6 Å². The second-order valence-corrected chi connectivity index (χ2v) is 2.67. The van der Waals surface area contributed by atoms with Crippen LogP contribution in [0.3, 0.4) is 0 Å². The van der Waals surface area contributed by atoms with E-state index in [1.54, 1.807) is 0 Å². The van der Waals surface area contributed by atoms with Gasteiger partial charge in [-0.15, -0.1) is 0 Å². The van der Waals surface area contributed by atoms with Crippen LogP contribution < -0.4 is 0 Å². The molecule has 0 N–H and O–H groups in total. The van der Waals surface area contributed by atoms with Crippen molar-refractivity contribution in [3.05, 3.63) is 21.2 Å². The van der Waals surface area contributed by atoms with E-state index < -0.39 is 0 Å². The molecule has 0 atom stereocenters. The monoisotopic (exact) mass is 210 g/mol. The zero-order valence-electron chi connectivity index (χ0n) is 5.01. The molecule has 0 spiro atoms. The lowest BCUT2D eigenvalue weighted by molar-refractivity contribution is 0.111. The normalized spacial score (nSPS) is 9.73. The highest BCUT2D eigenvalue weighted by Gasteiger charge is 2.08. The number of carbonyl (C=O) groups is 1. The predicted molar refractivity (Wildman–Crippen MR) is 42.4 cm³/mol. The van der Waals surface area contributed by atoms with E-state index in [-0.39, 0.29) is 21.2 Å². The van der Waals surface area contributed by atoms with Crippen molar-refractivity contribution in [3.63, 3.8) is 0 Å². The van der Waals surface area contributed by atoms with Gasteiger partial charge < -0.3 is 0 Å². The molecule has 0 aliphatic rings. The molecule has 1 aromatic rings. The summed E-state index contributed by atoms with van der Waals surface area (Å²) < 4.78 is 0. The predicted octanol–water partition coefficient (Wildman–Crippen LogP) is 2.25. The van der Waals surface area contributed by atoms with Crippen molar-refractivity contribution >= 4 is 41.1 Å². The number of nitrogens with zero attached hydrogens (tertiary/aromatic N) is 2. The van der Waals surface area contributed by atoms with Crippen LogP contribution in [0.1, 0.15) is 10.5 Å². The van der Waals surface area contributed by atoms with Gasteiger partial charge in [0.05, 0.1) is 0 Å². The maximum absolute atomic E-state index is 10.2. The summed E-state index contributed by atoms with van der Waals surface area (Å²) in [5.41, 5.74) is -0.00309. The van der Waals surface area contributed by atoms with Crippen molar-refractivity contribution in [2.45, 2.75) is 0 Å². The lowest BCUT2D eigenvalue weighted by Crippen LogP contribution is -1.92. The highest BCUT2D eigenvalue weighted by Crippen LogP contribution is 2.22. The summed E-state index contributed by atoms with van der Waals surface area (Å²) in [5, 5.41) is -0.0960. The van der Waals surface area contributed by atoms with E-state index in [1.807, 2.05) is 0 Å². The van der Waals surface area contributed by atoms with Crippen LogP contribution in [0.4, 0.5) is 0 Å². The number of hydrogen-bond donors (Lipinski definition) is 0. The highest BCUT2D eigenvalue weighted by molar-refractivity contribution is 6.43. The van der Waals surface area contributed by atoms with Gasteiger partial charge in [-0.2, -0.15) is 0 Å². The van der Waals surface area contributed by atoms with Crippen LogP contribution in [0.2, 0.25) is 15.5 Å². The first-order valence-electron chi connectivity index (χ1n) is 2.49. The average molecular weight is 211 g/mol. The van der Waals surface area contributed by atoms with Crippen molar-refractivity contribution in [1.29, 1.82) is 0 Å². The van der Waals surface area contributed by atoms with Gasteiger partial charge in [0.25, 0.3) is 0 Å². The first-order chi connectivity index (χ1) is 5.15. The summed E-state index contributed by atoms with van der Waals surface area (Å²) in [6.45, 7) is 0. The summed E-state index contributed by atoms with van der Waals surface area (Å²) in [6, 6.07) is 0. The molecule has 0 amide bonds. The molecule has 6 heteroatoms. The Labute approximate surface area is 77.3 Å². The molecule has 1 aromatic heterocycles. The number of carbonyl (C=O) groups excluding carboxylic acids is 1. The SMILES string of the molecule is O=Cc1nc(Cl)nc(Cl)c1Cl. The van der Waals surface area contributed by atoms with E-state index in [0.29, 0.717) is 6.29 Å². The third-order valence-corrected chi connectivity index (χ3v) is 1.83. The smallest absolute Gasteiger partial charge is 0.224 e. The largest absolute Gasteiger partial charge is 0.296 e. The fourth-order valence-corrected chi connectivity index (χ4v) is 1.01. The van der Waals surface area contributed by atoms with Gasteiger partial charge in [0.1, 0.15) is 10.7 Å². The number of aromatic nitrogens is 2. The molecule has 0 saturated heterocycles. The second-order valence-electron chi connectivity index (χ2n) is 1.60. The highest BCUT2D eigenvalue weighted by atomic mass is 35.5. The first kappa shape index (κ1) is 8.71. The van der Waals surface area contributed by atoms with Crippen molar-refractivity contribution in [3.8, 4) is 0 Å². The Morgan fingerprint density at radius 1 is 1.18 bits per heavy atom. The summed E-state index contributed by atoms with van der Waals surface area (Å²) in [6.07, 6.45) is 0.460. The zero-order valence-corrected chi connectivity index (χ0v) is 7.28. The molecule has 0 unspecified atom stereocenters. The van der Waals surface area contributed by atoms with Crippen LogP contribution in [0.5, 0.6) is 0 Å². The molecular weight excluding hydrogens is 210 g/mol. The van der Waals surface area contributed by atoms with E-state index in [0.717, 1.165) is 0 Å². The van der Waals surface area contributed by atoms with E-state index in [4.69, 9.17) is 34.8 Å². The third kappa shape index (κ3) is 1.80. The Morgan fingerprint density at radius 3 is 2.36 bits per heavy atom. The number of rotatable bonds is 1. The number of aldehydes is 1.